The number of aromatic nitrogens is 2. The fraction of sp³-hybridized carbons (Fsp3) is 0.286. The van der Waals surface area contributed by atoms with E-state index in [1.807, 2.05) is 12.1 Å². The summed E-state index contributed by atoms with van der Waals surface area (Å²) in [6.07, 6.45) is 1.36. The average Bonchev–Trinajstić information content (AvgIpc) is 3.24. The predicted octanol–water partition coefficient (Wildman–Crippen LogP) is 2.48. The van der Waals surface area contributed by atoms with Crippen molar-refractivity contribution in [3.63, 3.8) is 0 Å². The largest absolute Gasteiger partial charge is 0.493 e. The average molecular weight is 427 g/mol. The van der Waals surface area contributed by atoms with E-state index in [1.54, 1.807) is 17.0 Å². The molecule has 162 valence electrons. The second-order valence-electron chi connectivity index (χ2n) is 6.68. The number of ether oxygens (including phenoxy) is 5. The number of fused-ring (bicyclic) bond motifs is 2. The second kappa shape index (κ2) is 8.42. The number of rotatable bonds is 8. The van der Waals surface area contributed by atoms with Crippen LogP contribution in [-0.4, -0.2) is 55.7 Å². The molecule has 0 bridgehead atoms. The molecule has 1 N–H and O–H groups in total. The van der Waals surface area contributed by atoms with Crippen LogP contribution in [0.15, 0.2) is 30.6 Å². The Bertz CT molecular complexity index is 1140. The molecule has 4 rings (SSSR count). The van der Waals surface area contributed by atoms with E-state index in [9.17, 15) is 9.90 Å². The Morgan fingerprint density at radius 2 is 1.84 bits per heavy atom. The van der Waals surface area contributed by atoms with Gasteiger partial charge in [-0.3, -0.25) is 4.79 Å². The first-order chi connectivity index (χ1) is 15.0. The third kappa shape index (κ3) is 3.79. The summed E-state index contributed by atoms with van der Waals surface area (Å²) in [5.41, 5.74) is 1.32. The highest BCUT2D eigenvalue weighted by molar-refractivity contribution is 5.97. The van der Waals surface area contributed by atoms with E-state index in [4.69, 9.17) is 23.7 Å². The molecule has 31 heavy (non-hydrogen) atoms. The number of nitrogens with zero attached hydrogens (tertiary/aromatic N) is 3. The van der Waals surface area contributed by atoms with Crippen LogP contribution in [-0.2, 0) is 11.3 Å². The van der Waals surface area contributed by atoms with Crippen LogP contribution in [0.3, 0.4) is 0 Å². The summed E-state index contributed by atoms with van der Waals surface area (Å²) >= 11 is 0. The van der Waals surface area contributed by atoms with Crippen LogP contribution in [0.1, 0.15) is 5.56 Å². The molecule has 1 aliphatic heterocycles. The topological polar surface area (TPSA) is 112 Å². The number of methoxy groups -OCH3 is 3. The van der Waals surface area contributed by atoms with E-state index >= 15 is 0 Å². The number of hydrogen-bond donors (Lipinski definition) is 1. The Morgan fingerprint density at radius 1 is 1.06 bits per heavy atom. The summed E-state index contributed by atoms with van der Waals surface area (Å²) in [7, 11) is 4.51. The molecular weight excluding hydrogens is 406 g/mol. The fourth-order valence-corrected chi connectivity index (χ4v) is 3.53. The van der Waals surface area contributed by atoms with Crippen molar-refractivity contribution >= 4 is 22.7 Å². The van der Waals surface area contributed by atoms with Gasteiger partial charge in [-0.1, -0.05) is 6.07 Å². The smallest absolute Gasteiger partial charge is 0.323 e. The predicted molar refractivity (Wildman–Crippen MR) is 110 cm³/mol. The number of carboxylic acid groups (broad SMARTS) is 1. The molecule has 1 aliphatic rings. The number of anilines is 1. The van der Waals surface area contributed by atoms with Gasteiger partial charge < -0.3 is 33.7 Å². The van der Waals surface area contributed by atoms with Crippen LogP contribution in [0.25, 0.3) is 10.9 Å². The van der Waals surface area contributed by atoms with Gasteiger partial charge in [0.15, 0.2) is 23.0 Å². The lowest BCUT2D eigenvalue weighted by molar-refractivity contribution is -0.135. The van der Waals surface area contributed by atoms with Gasteiger partial charge in [0.2, 0.25) is 12.5 Å². The summed E-state index contributed by atoms with van der Waals surface area (Å²) < 4.78 is 27.2. The molecule has 0 saturated heterocycles. The van der Waals surface area contributed by atoms with Gasteiger partial charge in [0, 0.05) is 6.54 Å². The summed E-state index contributed by atoms with van der Waals surface area (Å²) in [5.74, 6) is 1.88. The van der Waals surface area contributed by atoms with Crippen molar-refractivity contribution in [1.29, 1.82) is 0 Å². The number of benzene rings is 2. The Morgan fingerprint density at radius 3 is 2.55 bits per heavy atom. The van der Waals surface area contributed by atoms with Gasteiger partial charge in [-0.15, -0.1) is 0 Å². The Hall–Kier alpha value is -3.95. The number of aliphatic carboxylic acids is 1. The zero-order valence-electron chi connectivity index (χ0n) is 17.2. The lowest BCUT2D eigenvalue weighted by atomic mass is 10.1. The molecule has 0 aliphatic carbocycles. The molecule has 0 amide bonds. The van der Waals surface area contributed by atoms with Gasteiger partial charge in [-0.05, 0) is 23.8 Å². The van der Waals surface area contributed by atoms with Crippen LogP contribution in [0, 0.1) is 0 Å². The van der Waals surface area contributed by atoms with Crippen molar-refractivity contribution in [2.24, 2.45) is 0 Å². The molecule has 10 nitrogen and oxygen atoms in total. The molecule has 0 saturated carbocycles. The van der Waals surface area contributed by atoms with Gasteiger partial charge >= 0.3 is 5.97 Å². The maximum atomic E-state index is 11.6. The summed E-state index contributed by atoms with van der Waals surface area (Å²) in [4.78, 5) is 22.0. The molecule has 0 unspecified atom stereocenters. The van der Waals surface area contributed by atoms with Crippen molar-refractivity contribution < 1.29 is 33.6 Å². The minimum absolute atomic E-state index is 0.162. The third-order valence-electron chi connectivity index (χ3n) is 4.85. The standard InChI is InChI=1S/C21H21N3O7/c1-27-16-7-13-18(20(29-3)19(16)28-2)22-10-23-21(13)24(9-17(25)26)8-12-4-5-14-15(6-12)31-11-30-14/h4-7,10H,8-9,11H2,1-3H3,(H,25,26). The van der Waals surface area contributed by atoms with Gasteiger partial charge in [0.05, 0.1) is 26.7 Å². The minimum atomic E-state index is -1.00. The highest BCUT2D eigenvalue weighted by Gasteiger charge is 2.23. The Kier molecular flexibility index (Phi) is 5.52. The fourth-order valence-electron chi connectivity index (χ4n) is 3.53. The van der Waals surface area contributed by atoms with E-state index < -0.39 is 5.97 Å². The molecular formula is C21H21N3O7. The first-order valence-corrected chi connectivity index (χ1v) is 9.34. The molecule has 0 fully saturated rings. The number of carboxylic acids is 1. The van der Waals surface area contributed by atoms with E-state index in [2.05, 4.69) is 9.97 Å². The normalized spacial score (nSPS) is 12.0. The highest BCUT2D eigenvalue weighted by Crippen LogP contribution is 2.44. The zero-order valence-corrected chi connectivity index (χ0v) is 17.2. The van der Waals surface area contributed by atoms with E-state index in [1.165, 1.54) is 27.7 Å². The van der Waals surface area contributed by atoms with E-state index in [-0.39, 0.29) is 19.9 Å². The minimum Gasteiger partial charge on any atom is -0.493 e. The molecule has 2 heterocycles. The molecule has 1 aromatic heterocycles. The Balaban J connectivity index is 1.83. The SMILES string of the molecule is COc1cc2c(N(CC(=O)O)Cc3ccc4c(c3)OCO4)ncnc2c(OC)c1OC. The monoisotopic (exact) mass is 427 g/mol. The van der Waals surface area contributed by atoms with Crippen molar-refractivity contribution in [2.45, 2.75) is 6.54 Å². The van der Waals surface area contributed by atoms with Crippen molar-refractivity contribution in [3.8, 4) is 28.7 Å². The quantitative estimate of drug-likeness (QED) is 0.575. The lowest BCUT2D eigenvalue weighted by Gasteiger charge is -2.24. The number of hydrogen-bond acceptors (Lipinski definition) is 9. The van der Waals surface area contributed by atoms with Crippen LogP contribution in [0.2, 0.25) is 0 Å². The van der Waals surface area contributed by atoms with Crippen LogP contribution < -0.4 is 28.6 Å². The second-order valence-corrected chi connectivity index (χ2v) is 6.68. The van der Waals surface area contributed by atoms with E-state index in [0.717, 1.165) is 5.56 Å². The van der Waals surface area contributed by atoms with Crippen LogP contribution in [0.4, 0.5) is 5.82 Å². The zero-order chi connectivity index (χ0) is 22.0. The maximum absolute atomic E-state index is 11.6. The Labute approximate surface area is 177 Å². The van der Waals surface area contributed by atoms with Gasteiger partial charge in [0.1, 0.15) is 24.2 Å². The van der Waals surface area contributed by atoms with E-state index in [0.29, 0.717) is 45.5 Å². The van der Waals surface area contributed by atoms with Crippen molar-refractivity contribution in [1.82, 2.24) is 9.97 Å². The summed E-state index contributed by atoms with van der Waals surface area (Å²) in [5, 5.41) is 10.1. The van der Waals surface area contributed by atoms with Gasteiger partial charge in [-0.2, -0.15) is 0 Å². The van der Waals surface area contributed by atoms with Gasteiger partial charge in [-0.25, -0.2) is 9.97 Å². The molecule has 0 radical (unpaired) electrons. The molecule has 0 atom stereocenters. The van der Waals surface area contributed by atoms with Gasteiger partial charge in [0.25, 0.3) is 0 Å². The summed E-state index contributed by atoms with van der Waals surface area (Å²) in [6.45, 7) is 0.151. The molecule has 2 aromatic carbocycles. The molecule has 3 aromatic rings. The first kappa shape index (κ1) is 20.3. The lowest BCUT2D eigenvalue weighted by Crippen LogP contribution is -2.30. The summed E-state index contributed by atoms with van der Waals surface area (Å²) in [6, 6.07) is 7.19. The van der Waals surface area contributed by atoms with Crippen molar-refractivity contribution in [2.75, 3.05) is 39.6 Å². The maximum Gasteiger partial charge on any atom is 0.323 e. The van der Waals surface area contributed by atoms with Crippen LogP contribution in [0.5, 0.6) is 28.7 Å². The first-order valence-electron chi connectivity index (χ1n) is 9.34. The molecule has 0 spiro atoms. The van der Waals surface area contributed by atoms with Crippen molar-refractivity contribution in [3.05, 3.63) is 36.2 Å². The third-order valence-corrected chi connectivity index (χ3v) is 4.85. The number of carbonyl (C=O) groups is 1. The molecule has 10 heteroatoms. The van der Waals surface area contributed by atoms with Crippen LogP contribution >= 0.6 is 0 Å². The highest BCUT2D eigenvalue weighted by atomic mass is 16.7.